The van der Waals surface area contributed by atoms with E-state index in [0.717, 1.165) is 64.6 Å². The smallest absolute Gasteiger partial charge is 0.410 e. The first-order chi connectivity index (χ1) is 24.2. The van der Waals surface area contributed by atoms with Crippen LogP contribution >= 0.6 is 0 Å². The predicted octanol–water partition coefficient (Wildman–Crippen LogP) is 10.3. The van der Waals surface area contributed by atoms with E-state index < -0.39 is 5.60 Å². The fourth-order valence-electron chi connectivity index (χ4n) is 6.61. The molecular formula is C44H47N3O3. The molecule has 0 N–H and O–H groups in total. The summed E-state index contributed by atoms with van der Waals surface area (Å²) in [6, 6.07) is 39.0. The number of benzene rings is 4. The minimum Gasteiger partial charge on any atom is -0.444 e. The van der Waals surface area contributed by atoms with Gasteiger partial charge in [0.1, 0.15) is 5.60 Å². The van der Waals surface area contributed by atoms with E-state index in [0.29, 0.717) is 25.2 Å². The van der Waals surface area contributed by atoms with Crippen LogP contribution in [0.2, 0.25) is 0 Å². The third-order valence-electron chi connectivity index (χ3n) is 9.23. The molecule has 0 bridgehead atoms. The van der Waals surface area contributed by atoms with Crippen LogP contribution in [0.3, 0.4) is 0 Å². The lowest BCUT2D eigenvalue weighted by molar-refractivity contribution is 0.00987. The molecule has 6 heteroatoms. The lowest BCUT2D eigenvalue weighted by atomic mass is 9.94. The molecule has 1 aliphatic rings. The highest BCUT2D eigenvalue weighted by molar-refractivity contribution is 5.94. The molecule has 0 atom stereocenters. The first-order valence-corrected chi connectivity index (χ1v) is 17.7. The van der Waals surface area contributed by atoms with Gasteiger partial charge in [0.2, 0.25) is 0 Å². The number of hydrogen-bond acceptors (Lipinski definition) is 4. The lowest BCUT2D eigenvalue weighted by Gasteiger charge is -2.35. The van der Waals surface area contributed by atoms with Gasteiger partial charge in [0.15, 0.2) is 0 Å². The number of rotatable bonds is 10. The van der Waals surface area contributed by atoms with E-state index >= 15 is 0 Å². The third-order valence-corrected chi connectivity index (χ3v) is 9.23. The fourth-order valence-corrected chi connectivity index (χ4v) is 6.61. The summed E-state index contributed by atoms with van der Waals surface area (Å²) in [6.07, 6.45) is 8.90. The van der Waals surface area contributed by atoms with E-state index in [1.807, 2.05) is 91.4 Å². The van der Waals surface area contributed by atoms with Gasteiger partial charge in [0, 0.05) is 43.6 Å². The maximum atomic E-state index is 13.9. The van der Waals surface area contributed by atoms with Crippen molar-refractivity contribution in [1.82, 2.24) is 14.8 Å². The molecule has 1 fully saturated rings. The summed E-state index contributed by atoms with van der Waals surface area (Å²) in [5.74, 6) is -0.0261. The standard InChI is InChI=1S/C44H47N3O3/c1-44(2,3)50-43(49)47(41-14-8-5-9-15-41)32-34-18-22-38(23-19-34)37-20-16-33(17-21-37)30-46(31-35-11-10-28-45-29-35)42(48)40-26-24-39(25-27-40)36-12-6-4-7-13-36/h4,6-7,10-13,16-29,41H,5,8-9,14-15,30-32H2,1-3H3. The Morgan fingerprint density at radius 1 is 0.640 bits per heavy atom. The van der Waals surface area contributed by atoms with Crippen molar-refractivity contribution in [2.45, 2.75) is 84.2 Å². The van der Waals surface area contributed by atoms with Crippen molar-refractivity contribution in [3.05, 3.63) is 150 Å². The van der Waals surface area contributed by atoms with Crippen LogP contribution < -0.4 is 0 Å². The number of carbonyl (C=O) groups excluding carboxylic acids is 2. The van der Waals surface area contributed by atoms with Crippen molar-refractivity contribution >= 4 is 12.0 Å². The minimum atomic E-state index is -0.531. The summed E-state index contributed by atoms with van der Waals surface area (Å²) in [5, 5.41) is 0. The van der Waals surface area contributed by atoms with Crippen molar-refractivity contribution in [2.75, 3.05) is 0 Å². The molecule has 4 aromatic carbocycles. The van der Waals surface area contributed by atoms with Crippen molar-refractivity contribution < 1.29 is 14.3 Å². The molecule has 50 heavy (non-hydrogen) atoms. The first kappa shape index (κ1) is 34.6. The second-order valence-electron chi connectivity index (χ2n) is 14.3. The molecule has 2 amide bonds. The summed E-state index contributed by atoms with van der Waals surface area (Å²) >= 11 is 0. The van der Waals surface area contributed by atoms with Crippen molar-refractivity contribution in [3.63, 3.8) is 0 Å². The van der Waals surface area contributed by atoms with Crippen molar-refractivity contribution in [3.8, 4) is 22.3 Å². The van der Waals surface area contributed by atoms with E-state index in [-0.39, 0.29) is 18.0 Å². The quantitative estimate of drug-likeness (QED) is 0.149. The maximum absolute atomic E-state index is 13.9. The Morgan fingerprint density at radius 3 is 1.74 bits per heavy atom. The SMILES string of the molecule is CC(C)(C)OC(=O)N(Cc1ccc(-c2ccc(CN(Cc3cccnc3)C(=O)c3ccc(-c4ccccc4)cc3)cc2)cc1)C1CCCCC1. The summed E-state index contributed by atoms with van der Waals surface area (Å²) in [4.78, 5) is 35.2. The van der Waals surface area contributed by atoms with Gasteiger partial charge in [0.05, 0.1) is 0 Å². The van der Waals surface area contributed by atoms with Crippen LogP contribution in [-0.2, 0) is 24.4 Å². The number of pyridine rings is 1. The molecule has 1 saturated carbocycles. The van der Waals surface area contributed by atoms with Gasteiger partial charge in [-0.05, 0) is 90.8 Å². The molecule has 256 valence electrons. The zero-order valence-electron chi connectivity index (χ0n) is 29.4. The zero-order valence-corrected chi connectivity index (χ0v) is 29.4. The maximum Gasteiger partial charge on any atom is 0.410 e. The van der Waals surface area contributed by atoms with E-state index in [4.69, 9.17) is 4.74 Å². The highest BCUT2D eigenvalue weighted by Crippen LogP contribution is 2.28. The fraction of sp³-hybridized carbons (Fsp3) is 0.295. The van der Waals surface area contributed by atoms with Crippen LogP contribution in [0, 0.1) is 0 Å². The van der Waals surface area contributed by atoms with Gasteiger partial charge >= 0.3 is 6.09 Å². The number of aromatic nitrogens is 1. The van der Waals surface area contributed by atoms with Gasteiger partial charge in [-0.1, -0.05) is 116 Å². The van der Waals surface area contributed by atoms with Crippen LogP contribution in [0.4, 0.5) is 4.79 Å². The number of amides is 2. The summed E-state index contributed by atoms with van der Waals surface area (Å²) in [6.45, 7) is 7.22. The van der Waals surface area contributed by atoms with Gasteiger partial charge in [-0.15, -0.1) is 0 Å². The topological polar surface area (TPSA) is 62.7 Å². The number of hydrogen-bond donors (Lipinski definition) is 0. The Morgan fingerprint density at radius 2 is 1.18 bits per heavy atom. The highest BCUT2D eigenvalue weighted by Gasteiger charge is 2.29. The number of nitrogens with zero attached hydrogens (tertiary/aromatic N) is 3. The first-order valence-electron chi connectivity index (χ1n) is 17.7. The zero-order chi connectivity index (χ0) is 34.9. The molecule has 1 heterocycles. The molecule has 6 nitrogen and oxygen atoms in total. The molecular weight excluding hydrogens is 619 g/mol. The molecule has 0 radical (unpaired) electrons. The summed E-state index contributed by atoms with van der Waals surface area (Å²) in [5.41, 5.74) is 7.63. The van der Waals surface area contributed by atoms with Crippen LogP contribution in [0.15, 0.2) is 128 Å². The van der Waals surface area contributed by atoms with Gasteiger partial charge in [-0.2, -0.15) is 0 Å². The van der Waals surface area contributed by atoms with E-state index in [1.165, 1.54) is 6.42 Å². The van der Waals surface area contributed by atoms with Crippen LogP contribution in [0.1, 0.15) is 79.9 Å². The van der Waals surface area contributed by atoms with E-state index in [1.54, 1.807) is 6.20 Å². The number of ether oxygens (including phenoxy) is 1. The lowest BCUT2D eigenvalue weighted by Crippen LogP contribution is -2.43. The molecule has 0 aliphatic heterocycles. The van der Waals surface area contributed by atoms with Gasteiger partial charge in [0.25, 0.3) is 5.91 Å². The number of carbonyl (C=O) groups is 2. The van der Waals surface area contributed by atoms with E-state index in [2.05, 4.69) is 65.6 Å². The molecule has 1 aliphatic carbocycles. The van der Waals surface area contributed by atoms with Crippen molar-refractivity contribution in [1.29, 1.82) is 0 Å². The Kier molecular flexibility index (Phi) is 11.1. The molecule has 1 aromatic heterocycles. The van der Waals surface area contributed by atoms with Crippen LogP contribution in [0.5, 0.6) is 0 Å². The second kappa shape index (κ2) is 16.0. The molecule has 5 aromatic rings. The van der Waals surface area contributed by atoms with Crippen LogP contribution in [0.25, 0.3) is 22.3 Å². The molecule has 0 saturated heterocycles. The third kappa shape index (κ3) is 9.26. The predicted molar refractivity (Wildman–Crippen MR) is 200 cm³/mol. The summed E-state index contributed by atoms with van der Waals surface area (Å²) in [7, 11) is 0. The Bertz CT molecular complexity index is 1830. The minimum absolute atomic E-state index is 0.0261. The largest absolute Gasteiger partial charge is 0.444 e. The Hall–Kier alpha value is -5.23. The average Bonchev–Trinajstić information content (AvgIpc) is 3.14. The molecule has 0 spiro atoms. The van der Waals surface area contributed by atoms with E-state index in [9.17, 15) is 9.59 Å². The Labute approximate surface area is 296 Å². The molecule has 6 rings (SSSR count). The summed E-state index contributed by atoms with van der Waals surface area (Å²) < 4.78 is 5.81. The van der Waals surface area contributed by atoms with Crippen LogP contribution in [-0.4, -0.2) is 38.4 Å². The Balaban J connectivity index is 1.15. The van der Waals surface area contributed by atoms with Gasteiger partial charge in [-0.25, -0.2) is 4.79 Å². The normalized spacial score (nSPS) is 13.4. The second-order valence-corrected chi connectivity index (χ2v) is 14.3. The molecule has 0 unspecified atom stereocenters. The van der Waals surface area contributed by atoms with Gasteiger partial charge < -0.3 is 14.5 Å². The highest BCUT2D eigenvalue weighted by atomic mass is 16.6. The average molecular weight is 666 g/mol. The van der Waals surface area contributed by atoms with Crippen molar-refractivity contribution in [2.24, 2.45) is 0 Å². The van der Waals surface area contributed by atoms with Gasteiger partial charge in [-0.3, -0.25) is 9.78 Å². The monoisotopic (exact) mass is 665 g/mol.